The van der Waals surface area contributed by atoms with Crippen LogP contribution in [0.25, 0.3) is 10.1 Å². The summed E-state index contributed by atoms with van der Waals surface area (Å²) in [5, 5.41) is 4.39. The van der Waals surface area contributed by atoms with Gasteiger partial charge >= 0.3 is 0 Å². The highest BCUT2D eigenvalue weighted by atomic mass is 79.9. The Labute approximate surface area is 119 Å². The van der Waals surface area contributed by atoms with Gasteiger partial charge in [-0.1, -0.05) is 34.1 Å². The highest BCUT2D eigenvalue weighted by Crippen LogP contribution is 2.29. The van der Waals surface area contributed by atoms with Gasteiger partial charge in [-0.3, -0.25) is 4.79 Å². The van der Waals surface area contributed by atoms with Gasteiger partial charge in [0, 0.05) is 29.5 Å². The smallest absolute Gasteiger partial charge is 0.223 e. The molecule has 94 valence electrons. The average molecular weight is 324 g/mol. The van der Waals surface area contributed by atoms with E-state index < -0.39 is 0 Å². The average Bonchev–Trinajstić information content (AvgIpc) is 2.95. The fourth-order valence-corrected chi connectivity index (χ4v) is 3.86. The molecule has 0 radical (unpaired) electrons. The van der Waals surface area contributed by atoms with Crippen LogP contribution in [0, 0.1) is 5.92 Å². The van der Waals surface area contributed by atoms with E-state index in [2.05, 4.69) is 45.6 Å². The molecule has 1 aliphatic rings. The van der Waals surface area contributed by atoms with E-state index in [0.29, 0.717) is 12.3 Å². The lowest BCUT2D eigenvalue weighted by molar-refractivity contribution is -0.128. The molecule has 3 rings (SSSR count). The number of hydrogen-bond donors (Lipinski definition) is 0. The van der Waals surface area contributed by atoms with Crippen molar-refractivity contribution in [2.75, 3.05) is 11.9 Å². The summed E-state index contributed by atoms with van der Waals surface area (Å²) in [5.41, 5.74) is 1.28. The first kappa shape index (κ1) is 12.2. The monoisotopic (exact) mass is 323 g/mol. The Morgan fingerprint density at radius 1 is 1.39 bits per heavy atom. The van der Waals surface area contributed by atoms with Gasteiger partial charge < -0.3 is 4.90 Å². The number of fused-ring (bicyclic) bond motifs is 1. The molecule has 1 aliphatic heterocycles. The molecule has 18 heavy (non-hydrogen) atoms. The summed E-state index contributed by atoms with van der Waals surface area (Å²) in [5.74, 6) is 0.761. The molecular formula is C14H14BrNOS. The Bertz CT molecular complexity index is 580. The second kappa shape index (κ2) is 5.02. The molecule has 1 saturated heterocycles. The van der Waals surface area contributed by atoms with Crippen molar-refractivity contribution in [2.24, 2.45) is 5.92 Å². The number of hydrogen-bond acceptors (Lipinski definition) is 2. The molecule has 1 unspecified atom stereocenters. The van der Waals surface area contributed by atoms with E-state index in [1.165, 1.54) is 15.6 Å². The fraction of sp³-hybridized carbons (Fsp3) is 0.357. The van der Waals surface area contributed by atoms with Crippen LogP contribution in [0.3, 0.4) is 0 Å². The maximum absolute atomic E-state index is 11.9. The molecule has 2 aromatic rings. The number of rotatable bonds is 3. The fourth-order valence-electron chi connectivity index (χ4n) is 2.47. The molecule has 1 atom stereocenters. The van der Waals surface area contributed by atoms with E-state index in [9.17, 15) is 4.79 Å². The Morgan fingerprint density at radius 2 is 2.22 bits per heavy atom. The molecule has 0 aliphatic carbocycles. The van der Waals surface area contributed by atoms with Gasteiger partial charge in [0.1, 0.15) is 0 Å². The molecule has 0 bridgehead atoms. The first-order valence-corrected chi connectivity index (χ1v) is 8.07. The number of thiophene rings is 1. The lowest BCUT2D eigenvalue weighted by Gasteiger charge is -2.15. The minimum absolute atomic E-state index is 0.287. The van der Waals surface area contributed by atoms with Crippen molar-refractivity contribution in [1.82, 2.24) is 4.90 Å². The van der Waals surface area contributed by atoms with Gasteiger partial charge in [0.05, 0.1) is 0 Å². The van der Waals surface area contributed by atoms with Gasteiger partial charge in [-0.2, -0.15) is 0 Å². The van der Waals surface area contributed by atoms with Crippen LogP contribution in [0.1, 0.15) is 12.0 Å². The van der Waals surface area contributed by atoms with Crippen molar-refractivity contribution < 1.29 is 4.79 Å². The van der Waals surface area contributed by atoms with E-state index >= 15 is 0 Å². The van der Waals surface area contributed by atoms with Crippen LogP contribution in [-0.2, 0) is 11.3 Å². The van der Waals surface area contributed by atoms with Crippen molar-refractivity contribution in [2.45, 2.75) is 13.0 Å². The number of likely N-dealkylation sites (tertiary alicyclic amines) is 1. The maximum atomic E-state index is 11.9. The summed E-state index contributed by atoms with van der Waals surface area (Å²) in [7, 11) is 0. The topological polar surface area (TPSA) is 20.3 Å². The van der Waals surface area contributed by atoms with Gasteiger partial charge in [-0.25, -0.2) is 0 Å². The SMILES string of the molecule is O=C1CC(CBr)CN1Cc1csc2ccccc12. The molecule has 1 amide bonds. The van der Waals surface area contributed by atoms with Gasteiger partial charge in [0.2, 0.25) is 5.91 Å². The molecule has 0 saturated carbocycles. The highest BCUT2D eigenvalue weighted by Gasteiger charge is 2.28. The number of amides is 1. The zero-order valence-electron chi connectivity index (χ0n) is 9.93. The molecule has 4 heteroatoms. The zero-order valence-corrected chi connectivity index (χ0v) is 12.3. The Morgan fingerprint density at radius 3 is 3.00 bits per heavy atom. The summed E-state index contributed by atoms with van der Waals surface area (Å²) in [6.07, 6.45) is 0.688. The normalized spacial score (nSPS) is 19.9. The predicted molar refractivity (Wildman–Crippen MR) is 79.1 cm³/mol. The minimum Gasteiger partial charge on any atom is -0.338 e. The summed E-state index contributed by atoms with van der Waals surface area (Å²) in [6.45, 7) is 1.64. The van der Waals surface area contributed by atoms with Gasteiger partial charge in [-0.15, -0.1) is 11.3 Å². The van der Waals surface area contributed by atoms with Crippen LogP contribution in [0.4, 0.5) is 0 Å². The number of carbonyl (C=O) groups is 1. The zero-order chi connectivity index (χ0) is 12.5. The number of halogens is 1. The highest BCUT2D eigenvalue weighted by molar-refractivity contribution is 9.09. The Hall–Kier alpha value is -0.870. The van der Waals surface area contributed by atoms with Crippen molar-refractivity contribution in [1.29, 1.82) is 0 Å². The third-order valence-electron chi connectivity index (χ3n) is 3.44. The lowest BCUT2D eigenvalue weighted by atomic mass is 10.1. The third kappa shape index (κ3) is 2.19. The van der Waals surface area contributed by atoms with Crippen LogP contribution in [0.2, 0.25) is 0 Å². The maximum Gasteiger partial charge on any atom is 0.223 e. The second-order valence-electron chi connectivity index (χ2n) is 4.76. The van der Waals surface area contributed by atoms with Crippen LogP contribution >= 0.6 is 27.3 Å². The summed E-state index contributed by atoms with van der Waals surface area (Å²) < 4.78 is 1.30. The minimum atomic E-state index is 0.287. The molecule has 1 aromatic heterocycles. The Balaban J connectivity index is 1.83. The van der Waals surface area contributed by atoms with Crippen molar-refractivity contribution in [3.05, 3.63) is 35.2 Å². The number of carbonyl (C=O) groups excluding carboxylic acids is 1. The molecule has 1 fully saturated rings. The van der Waals surface area contributed by atoms with E-state index in [4.69, 9.17) is 0 Å². The van der Waals surface area contributed by atoms with Gasteiger partial charge in [0.15, 0.2) is 0 Å². The van der Waals surface area contributed by atoms with E-state index in [1.54, 1.807) is 11.3 Å². The van der Waals surface area contributed by atoms with Crippen LogP contribution in [0.5, 0.6) is 0 Å². The van der Waals surface area contributed by atoms with E-state index in [0.717, 1.165) is 18.4 Å². The third-order valence-corrected chi connectivity index (χ3v) is 5.36. The lowest BCUT2D eigenvalue weighted by Crippen LogP contribution is -2.24. The largest absolute Gasteiger partial charge is 0.338 e. The second-order valence-corrected chi connectivity index (χ2v) is 6.31. The number of alkyl halides is 1. The number of nitrogens with zero attached hydrogens (tertiary/aromatic N) is 1. The molecule has 2 nitrogen and oxygen atoms in total. The van der Waals surface area contributed by atoms with Gasteiger partial charge in [-0.05, 0) is 28.3 Å². The standard InChI is InChI=1S/C14H14BrNOS/c15-6-10-5-14(17)16(7-10)8-11-9-18-13-4-2-1-3-12(11)13/h1-4,9-10H,5-8H2. The van der Waals surface area contributed by atoms with Crippen molar-refractivity contribution >= 4 is 43.3 Å². The number of benzene rings is 1. The molecule has 0 spiro atoms. The molecule has 1 aromatic carbocycles. The van der Waals surface area contributed by atoms with Crippen LogP contribution < -0.4 is 0 Å². The molecule has 2 heterocycles. The Kier molecular flexibility index (Phi) is 3.39. The first-order chi connectivity index (χ1) is 8.78. The summed E-state index contributed by atoms with van der Waals surface area (Å²) >= 11 is 5.23. The van der Waals surface area contributed by atoms with Crippen molar-refractivity contribution in [3.8, 4) is 0 Å². The van der Waals surface area contributed by atoms with Crippen LogP contribution in [0.15, 0.2) is 29.6 Å². The van der Waals surface area contributed by atoms with Crippen molar-refractivity contribution in [3.63, 3.8) is 0 Å². The van der Waals surface area contributed by atoms with Gasteiger partial charge in [0.25, 0.3) is 0 Å². The van der Waals surface area contributed by atoms with E-state index in [1.807, 2.05) is 4.90 Å². The summed E-state index contributed by atoms with van der Waals surface area (Å²) in [4.78, 5) is 13.9. The van der Waals surface area contributed by atoms with E-state index in [-0.39, 0.29) is 5.91 Å². The van der Waals surface area contributed by atoms with Crippen LogP contribution in [-0.4, -0.2) is 22.7 Å². The quantitative estimate of drug-likeness (QED) is 0.789. The first-order valence-electron chi connectivity index (χ1n) is 6.07. The molecular weight excluding hydrogens is 310 g/mol. The molecule has 0 N–H and O–H groups in total. The predicted octanol–water partition coefficient (Wildman–Crippen LogP) is 3.64. The summed E-state index contributed by atoms with van der Waals surface area (Å²) in [6, 6.07) is 8.40.